The second-order valence-corrected chi connectivity index (χ2v) is 5.00. The first-order valence-corrected chi connectivity index (χ1v) is 7.25. The van der Waals surface area contributed by atoms with E-state index in [9.17, 15) is 0 Å². The zero-order valence-electron chi connectivity index (χ0n) is 12.8. The average molecular weight is 319 g/mol. The maximum Gasteiger partial charge on any atom is 0.239 e. The molecule has 0 aliphatic carbocycles. The van der Waals surface area contributed by atoms with E-state index < -0.39 is 0 Å². The number of hydrogen-bond donors (Lipinski definition) is 0. The van der Waals surface area contributed by atoms with E-state index in [1.54, 1.807) is 29.6 Å². The van der Waals surface area contributed by atoms with Gasteiger partial charge in [-0.15, -0.1) is 0 Å². The van der Waals surface area contributed by atoms with Crippen LogP contribution in [0.15, 0.2) is 61.7 Å². The smallest absolute Gasteiger partial charge is 0.239 e. The van der Waals surface area contributed by atoms with Crippen LogP contribution in [-0.4, -0.2) is 34.3 Å². The van der Waals surface area contributed by atoms with E-state index in [4.69, 9.17) is 4.74 Å². The van der Waals surface area contributed by atoms with Crippen LogP contribution < -0.4 is 4.74 Å². The van der Waals surface area contributed by atoms with Crippen LogP contribution in [0.5, 0.6) is 11.6 Å². The largest absolute Gasteiger partial charge is 0.437 e. The van der Waals surface area contributed by atoms with Crippen molar-refractivity contribution in [2.24, 2.45) is 0 Å². The van der Waals surface area contributed by atoms with Crippen molar-refractivity contribution in [3.63, 3.8) is 0 Å². The Bertz CT molecular complexity index is 945. The van der Waals surface area contributed by atoms with Gasteiger partial charge in [-0.05, 0) is 31.2 Å². The molecule has 0 saturated carbocycles. The van der Waals surface area contributed by atoms with E-state index in [1.165, 1.54) is 6.33 Å². The van der Waals surface area contributed by atoms with Gasteiger partial charge >= 0.3 is 0 Å². The third kappa shape index (κ3) is 2.72. The highest BCUT2D eigenvalue weighted by atomic mass is 16.5. The summed E-state index contributed by atoms with van der Waals surface area (Å²) < 4.78 is 9.29. The molecule has 8 nitrogen and oxygen atoms in total. The molecule has 0 aliphatic heterocycles. The molecule has 3 aromatic heterocycles. The molecule has 4 rings (SSSR count). The Morgan fingerprint density at radius 3 is 2.62 bits per heavy atom. The van der Waals surface area contributed by atoms with Crippen molar-refractivity contribution in [2.45, 2.75) is 6.92 Å². The molecule has 0 saturated heterocycles. The van der Waals surface area contributed by atoms with Crippen LogP contribution in [0.4, 0.5) is 0 Å². The highest BCUT2D eigenvalue weighted by Crippen LogP contribution is 2.21. The van der Waals surface area contributed by atoms with E-state index in [2.05, 4.69) is 25.0 Å². The van der Waals surface area contributed by atoms with Crippen molar-refractivity contribution in [3.05, 3.63) is 67.5 Å². The number of imidazole rings is 1. The van der Waals surface area contributed by atoms with Crippen molar-refractivity contribution in [1.29, 1.82) is 0 Å². The van der Waals surface area contributed by atoms with Gasteiger partial charge in [-0.3, -0.25) is 9.55 Å². The molecule has 0 N–H and O–H groups in total. The van der Waals surface area contributed by atoms with Gasteiger partial charge < -0.3 is 4.74 Å². The van der Waals surface area contributed by atoms with Gasteiger partial charge in [0.25, 0.3) is 0 Å². The van der Waals surface area contributed by atoms with Crippen molar-refractivity contribution < 1.29 is 4.74 Å². The zero-order valence-corrected chi connectivity index (χ0v) is 12.8. The van der Waals surface area contributed by atoms with E-state index in [-0.39, 0.29) is 0 Å². The Hall–Kier alpha value is -3.55. The predicted molar refractivity (Wildman–Crippen MR) is 85.3 cm³/mol. The van der Waals surface area contributed by atoms with Crippen LogP contribution in [0.3, 0.4) is 0 Å². The number of rotatable bonds is 4. The predicted octanol–water partition coefficient (Wildman–Crippen LogP) is 2.34. The van der Waals surface area contributed by atoms with Crippen LogP contribution >= 0.6 is 0 Å². The molecule has 24 heavy (non-hydrogen) atoms. The fraction of sp³-hybridized carbons (Fsp3) is 0.0625. The van der Waals surface area contributed by atoms with Crippen LogP contribution in [-0.2, 0) is 0 Å². The van der Waals surface area contributed by atoms with E-state index in [1.807, 2.05) is 42.0 Å². The number of ether oxygens (including phenoxy) is 1. The van der Waals surface area contributed by atoms with Crippen molar-refractivity contribution >= 4 is 0 Å². The highest BCUT2D eigenvalue weighted by Gasteiger charge is 2.06. The molecule has 0 spiro atoms. The SMILES string of the molecule is Cc1nccn1-c1cncc(Oc2ccc(-n3cncn3)cc2)n1. The lowest BCUT2D eigenvalue weighted by molar-refractivity contribution is 0.459. The second kappa shape index (κ2) is 5.92. The Balaban J connectivity index is 1.56. The summed E-state index contributed by atoms with van der Waals surface area (Å²) in [6.07, 6.45) is 9.90. The molecule has 4 aromatic rings. The first-order chi connectivity index (χ1) is 11.8. The lowest BCUT2D eigenvalue weighted by atomic mass is 10.3. The summed E-state index contributed by atoms with van der Waals surface area (Å²) in [7, 11) is 0. The Labute approximate surface area is 137 Å². The molecule has 0 unspecified atom stereocenters. The maximum absolute atomic E-state index is 5.78. The van der Waals surface area contributed by atoms with Crippen LogP contribution in [0.2, 0.25) is 0 Å². The van der Waals surface area contributed by atoms with E-state index in [0.29, 0.717) is 17.4 Å². The van der Waals surface area contributed by atoms with Crippen LogP contribution in [0.25, 0.3) is 11.5 Å². The monoisotopic (exact) mass is 319 g/mol. The number of hydrogen-bond acceptors (Lipinski definition) is 6. The van der Waals surface area contributed by atoms with Gasteiger partial charge in [0, 0.05) is 12.4 Å². The molecule has 0 atom stereocenters. The topological polar surface area (TPSA) is 83.5 Å². The first kappa shape index (κ1) is 14.1. The number of aromatic nitrogens is 7. The van der Waals surface area contributed by atoms with Gasteiger partial charge in [0.1, 0.15) is 24.2 Å². The molecular formula is C16H13N7O. The van der Waals surface area contributed by atoms with E-state index in [0.717, 1.165) is 11.5 Å². The second-order valence-electron chi connectivity index (χ2n) is 5.00. The normalized spacial score (nSPS) is 10.7. The minimum absolute atomic E-state index is 0.411. The minimum atomic E-state index is 0.411. The van der Waals surface area contributed by atoms with E-state index >= 15 is 0 Å². The van der Waals surface area contributed by atoms with Crippen LogP contribution in [0.1, 0.15) is 5.82 Å². The maximum atomic E-state index is 5.78. The first-order valence-electron chi connectivity index (χ1n) is 7.25. The molecular weight excluding hydrogens is 306 g/mol. The summed E-state index contributed by atoms with van der Waals surface area (Å²) in [5, 5.41) is 4.08. The molecule has 8 heteroatoms. The third-order valence-corrected chi connectivity index (χ3v) is 3.41. The molecule has 0 bridgehead atoms. The molecule has 0 amide bonds. The summed E-state index contributed by atoms with van der Waals surface area (Å²) in [6, 6.07) is 7.46. The van der Waals surface area contributed by atoms with Crippen molar-refractivity contribution in [3.8, 4) is 23.1 Å². The van der Waals surface area contributed by atoms with Crippen LogP contribution in [0, 0.1) is 6.92 Å². The lowest BCUT2D eigenvalue weighted by Gasteiger charge is -2.08. The van der Waals surface area contributed by atoms with Crippen molar-refractivity contribution in [1.82, 2.24) is 34.3 Å². The summed E-state index contributed by atoms with van der Waals surface area (Å²) in [6.45, 7) is 1.90. The Morgan fingerprint density at radius 1 is 1.04 bits per heavy atom. The summed E-state index contributed by atoms with van der Waals surface area (Å²) in [5.74, 6) is 2.56. The number of aryl methyl sites for hydroxylation is 1. The van der Waals surface area contributed by atoms with Gasteiger partial charge in [-0.25, -0.2) is 14.6 Å². The highest BCUT2D eigenvalue weighted by molar-refractivity contribution is 5.38. The average Bonchev–Trinajstić information content (AvgIpc) is 3.27. The number of nitrogens with zero attached hydrogens (tertiary/aromatic N) is 7. The van der Waals surface area contributed by atoms with Gasteiger partial charge in [0.15, 0.2) is 5.82 Å². The van der Waals surface area contributed by atoms with Crippen molar-refractivity contribution in [2.75, 3.05) is 0 Å². The van der Waals surface area contributed by atoms with Gasteiger partial charge in [-0.2, -0.15) is 10.1 Å². The van der Waals surface area contributed by atoms with Gasteiger partial charge in [0.05, 0.1) is 18.1 Å². The zero-order chi connectivity index (χ0) is 16.4. The van der Waals surface area contributed by atoms with Gasteiger partial charge in [0.2, 0.25) is 5.88 Å². The summed E-state index contributed by atoms with van der Waals surface area (Å²) >= 11 is 0. The molecule has 0 fully saturated rings. The minimum Gasteiger partial charge on any atom is -0.437 e. The standard InChI is InChI=1S/C16H13N7O/c1-12-19-6-7-22(12)15-8-17-9-16(21-15)24-14-4-2-13(3-5-14)23-11-18-10-20-23/h2-11H,1H3. The molecule has 0 radical (unpaired) electrons. The molecule has 118 valence electrons. The summed E-state index contributed by atoms with van der Waals surface area (Å²) in [5.41, 5.74) is 0.897. The fourth-order valence-corrected chi connectivity index (χ4v) is 2.25. The lowest BCUT2D eigenvalue weighted by Crippen LogP contribution is -2.01. The molecule has 1 aromatic carbocycles. The Morgan fingerprint density at radius 2 is 1.92 bits per heavy atom. The molecule has 0 aliphatic rings. The Kier molecular flexibility index (Phi) is 3.47. The van der Waals surface area contributed by atoms with Gasteiger partial charge in [-0.1, -0.05) is 0 Å². The summed E-state index contributed by atoms with van der Waals surface area (Å²) in [4.78, 5) is 16.7. The fourth-order valence-electron chi connectivity index (χ4n) is 2.25. The molecule has 3 heterocycles. The third-order valence-electron chi connectivity index (χ3n) is 3.41. The quantitative estimate of drug-likeness (QED) is 0.574. The number of benzene rings is 1.